The molecule has 160 valence electrons. The SMILES string of the molecule is CCCCNC(=O)c1cc2cc(N(C)S(=O)(=O)c3ccc(OC)c(Cl)c3)ccc2s1. The van der Waals surface area contributed by atoms with E-state index in [1.54, 1.807) is 18.2 Å². The van der Waals surface area contributed by atoms with Crippen molar-refractivity contribution in [3.05, 3.63) is 52.4 Å². The van der Waals surface area contributed by atoms with Gasteiger partial charge in [0.1, 0.15) is 5.75 Å². The number of methoxy groups -OCH3 is 1. The molecule has 0 unspecified atom stereocenters. The maximum Gasteiger partial charge on any atom is 0.264 e. The van der Waals surface area contributed by atoms with Gasteiger partial charge in [0.15, 0.2) is 0 Å². The lowest BCUT2D eigenvalue weighted by Gasteiger charge is -2.20. The number of sulfonamides is 1. The Hall–Kier alpha value is -2.29. The van der Waals surface area contributed by atoms with Gasteiger partial charge in [-0.3, -0.25) is 9.10 Å². The normalized spacial score (nSPS) is 11.5. The van der Waals surface area contributed by atoms with Crippen molar-refractivity contribution in [1.29, 1.82) is 0 Å². The van der Waals surface area contributed by atoms with Crippen LogP contribution in [0.15, 0.2) is 47.4 Å². The minimum absolute atomic E-state index is 0.0669. The fourth-order valence-electron chi connectivity index (χ4n) is 2.91. The highest BCUT2D eigenvalue weighted by molar-refractivity contribution is 7.92. The molecular weight excluding hydrogens is 444 g/mol. The Morgan fingerprint density at radius 1 is 1.20 bits per heavy atom. The van der Waals surface area contributed by atoms with Crippen LogP contribution in [0.25, 0.3) is 10.1 Å². The van der Waals surface area contributed by atoms with E-state index in [2.05, 4.69) is 12.2 Å². The second kappa shape index (κ2) is 9.24. The lowest BCUT2D eigenvalue weighted by molar-refractivity contribution is 0.0957. The Morgan fingerprint density at radius 2 is 1.97 bits per heavy atom. The zero-order valence-electron chi connectivity index (χ0n) is 16.9. The number of rotatable bonds is 8. The summed E-state index contributed by atoms with van der Waals surface area (Å²) in [6, 6.07) is 11.4. The van der Waals surface area contributed by atoms with Crippen molar-refractivity contribution >= 4 is 54.6 Å². The standard InChI is InChI=1S/C21H23ClN2O4S2/c1-4-5-10-23-21(25)20-12-14-11-15(6-9-19(14)29-20)24(2)30(26,27)16-7-8-18(28-3)17(22)13-16/h6-9,11-13H,4-5,10H2,1-3H3,(H,23,25). The number of nitrogens with one attached hydrogen (secondary N) is 1. The van der Waals surface area contributed by atoms with E-state index >= 15 is 0 Å². The van der Waals surface area contributed by atoms with E-state index in [0.29, 0.717) is 22.9 Å². The van der Waals surface area contributed by atoms with Gasteiger partial charge in [0.25, 0.3) is 15.9 Å². The molecule has 0 aliphatic rings. The van der Waals surface area contributed by atoms with E-state index in [1.807, 2.05) is 6.07 Å². The van der Waals surface area contributed by atoms with Crippen molar-refractivity contribution in [2.75, 3.05) is 25.0 Å². The summed E-state index contributed by atoms with van der Waals surface area (Å²) >= 11 is 7.48. The van der Waals surface area contributed by atoms with Gasteiger partial charge in [0, 0.05) is 18.3 Å². The minimum atomic E-state index is -3.82. The Morgan fingerprint density at radius 3 is 2.63 bits per heavy atom. The largest absolute Gasteiger partial charge is 0.495 e. The number of benzene rings is 2. The number of fused-ring (bicyclic) bond motifs is 1. The third kappa shape index (κ3) is 4.55. The maximum atomic E-state index is 13.0. The molecule has 0 atom stereocenters. The summed E-state index contributed by atoms with van der Waals surface area (Å²) in [6.07, 6.45) is 1.94. The smallest absolute Gasteiger partial charge is 0.264 e. The average Bonchev–Trinajstić information content (AvgIpc) is 3.16. The zero-order chi connectivity index (χ0) is 21.9. The maximum absolute atomic E-state index is 13.0. The van der Waals surface area contributed by atoms with Crippen LogP contribution in [-0.2, 0) is 10.0 Å². The molecule has 1 amide bonds. The molecule has 0 saturated carbocycles. The summed E-state index contributed by atoms with van der Waals surface area (Å²) in [7, 11) is -0.862. The number of amides is 1. The molecule has 2 aromatic carbocycles. The molecule has 1 aromatic heterocycles. The molecule has 30 heavy (non-hydrogen) atoms. The number of carbonyl (C=O) groups excluding carboxylic acids is 1. The first-order valence-corrected chi connectivity index (χ1v) is 12.1. The summed E-state index contributed by atoms with van der Waals surface area (Å²) in [6.45, 7) is 2.71. The van der Waals surface area contributed by atoms with Gasteiger partial charge in [0.05, 0.1) is 27.6 Å². The van der Waals surface area contributed by atoms with Crippen molar-refractivity contribution in [2.45, 2.75) is 24.7 Å². The van der Waals surface area contributed by atoms with Gasteiger partial charge in [-0.05, 0) is 54.3 Å². The number of unbranched alkanes of at least 4 members (excludes halogenated alkanes) is 1. The molecule has 0 aliphatic heterocycles. The second-order valence-electron chi connectivity index (χ2n) is 6.71. The number of thiophene rings is 1. The van der Waals surface area contributed by atoms with Crippen LogP contribution in [0.1, 0.15) is 29.4 Å². The first-order valence-electron chi connectivity index (χ1n) is 9.42. The predicted octanol–water partition coefficient (Wildman–Crippen LogP) is 4.92. The molecule has 0 fully saturated rings. The van der Waals surface area contributed by atoms with Gasteiger partial charge in [0.2, 0.25) is 0 Å². The average molecular weight is 467 g/mol. The van der Waals surface area contributed by atoms with Gasteiger partial charge in [-0.1, -0.05) is 24.9 Å². The number of halogens is 1. The summed E-state index contributed by atoms with van der Waals surface area (Å²) in [4.78, 5) is 13.0. The highest BCUT2D eigenvalue weighted by Gasteiger charge is 2.23. The molecule has 0 spiro atoms. The lowest BCUT2D eigenvalue weighted by Crippen LogP contribution is -2.26. The van der Waals surface area contributed by atoms with E-state index in [-0.39, 0.29) is 15.8 Å². The number of anilines is 1. The molecule has 1 heterocycles. The number of hydrogen-bond donors (Lipinski definition) is 1. The van der Waals surface area contributed by atoms with Crippen molar-refractivity contribution in [1.82, 2.24) is 5.32 Å². The summed E-state index contributed by atoms with van der Waals surface area (Å²) < 4.78 is 33.3. The van der Waals surface area contributed by atoms with Gasteiger partial charge < -0.3 is 10.1 Å². The monoisotopic (exact) mass is 466 g/mol. The van der Waals surface area contributed by atoms with Crippen LogP contribution in [0.5, 0.6) is 5.75 Å². The van der Waals surface area contributed by atoms with E-state index < -0.39 is 10.0 Å². The van der Waals surface area contributed by atoms with Crippen LogP contribution < -0.4 is 14.4 Å². The van der Waals surface area contributed by atoms with Crippen molar-refractivity contribution in [2.24, 2.45) is 0 Å². The first kappa shape index (κ1) is 22.4. The number of ether oxygens (including phenoxy) is 1. The van der Waals surface area contributed by atoms with E-state index in [1.165, 1.54) is 48.0 Å². The van der Waals surface area contributed by atoms with Crippen molar-refractivity contribution in [3.63, 3.8) is 0 Å². The highest BCUT2D eigenvalue weighted by atomic mass is 35.5. The molecule has 3 rings (SSSR count). The fourth-order valence-corrected chi connectivity index (χ4v) is 5.40. The van der Waals surface area contributed by atoms with E-state index in [0.717, 1.165) is 22.9 Å². The summed E-state index contributed by atoms with van der Waals surface area (Å²) in [5, 5.41) is 3.94. The van der Waals surface area contributed by atoms with Crippen LogP contribution in [-0.4, -0.2) is 35.0 Å². The molecule has 0 radical (unpaired) electrons. The van der Waals surface area contributed by atoms with Gasteiger partial charge in [-0.25, -0.2) is 8.42 Å². The van der Waals surface area contributed by atoms with E-state index in [9.17, 15) is 13.2 Å². The highest BCUT2D eigenvalue weighted by Crippen LogP contribution is 2.33. The third-order valence-electron chi connectivity index (χ3n) is 4.68. The Kier molecular flexibility index (Phi) is 6.90. The zero-order valence-corrected chi connectivity index (χ0v) is 19.3. The van der Waals surface area contributed by atoms with E-state index in [4.69, 9.17) is 16.3 Å². The summed E-state index contributed by atoms with van der Waals surface area (Å²) in [5.74, 6) is 0.294. The molecule has 0 saturated heterocycles. The Balaban J connectivity index is 1.88. The lowest BCUT2D eigenvalue weighted by atomic mass is 10.2. The Bertz CT molecular complexity index is 1170. The molecule has 3 aromatic rings. The second-order valence-corrected chi connectivity index (χ2v) is 10.2. The van der Waals surface area contributed by atoms with Crippen LogP contribution in [0.4, 0.5) is 5.69 Å². The fraction of sp³-hybridized carbons (Fsp3) is 0.286. The number of nitrogens with zero attached hydrogens (tertiary/aromatic N) is 1. The van der Waals surface area contributed by atoms with Crippen LogP contribution >= 0.6 is 22.9 Å². The quantitative estimate of drug-likeness (QED) is 0.478. The van der Waals surface area contributed by atoms with Crippen LogP contribution in [0.3, 0.4) is 0 Å². The van der Waals surface area contributed by atoms with Gasteiger partial charge in [-0.15, -0.1) is 11.3 Å². The minimum Gasteiger partial charge on any atom is -0.495 e. The molecule has 0 bridgehead atoms. The number of carbonyl (C=O) groups is 1. The van der Waals surface area contributed by atoms with Crippen LogP contribution in [0, 0.1) is 0 Å². The molecule has 9 heteroatoms. The third-order valence-corrected chi connectivity index (χ3v) is 7.88. The van der Waals surface area contributed by atoms with Crippen molar-refractivity contribution < 1.29 is 17.9 Å². The van der Waals surface area contributed by atoms with Crippen molar-refractivity contribution in [3.8, 4) is 5.75 Å². The summed E-state index contributed by atoms with van der Waals surface area (Å²) in [5.41, 5.74) is 0.491. The van der Waals surface area contributed by atoms with Crippen LogP contribution in [0.2, 0.25) is 5.02 Å². The molecular formula is C21H23ClN2O4S2. The molecule has 6 nitrogen and oxygen atoms in total. The predicted molar refractivity (Wildman–Crippen MR) is 123 cm³/mol. The topological polar surface area (TPSA) is 75.7 Å². The molecule has 0 aliphatic carbocycles. The first-order chi connectivity index (χ1) is 14.3. The Labute approximate surface area is 185 Å². The number of hydrogen-bond acceptors (Lipinski definition) is 5. The van der Waals surface area contributed by atoms with Gasteiger partial charge >= 0.3 is 0 Å². The van der Waals surface area contributed by atoms with Gasteiger partial charge in [-0.2, -0.15) is 0 Å². The molecule has 1 N–H and O–H groups in total.